The maximum Gasteiger partial charge on any atom is 0.573 e. The molecule has 2 aromatic carbocycles. The van der Waals surface area contributed by atoms with Crippen LogP contribution in [0.5, 0.6) is 5.75 Å². The number of benzene rings is 2. The summed E-state index contributed by atoms with van der Waals surface area (Å²) in [6.07, 6.45) is -10.1. The van der Waals surface area contributed by atoms with Gasteiger partial charge in [-0.05, 0) is 29.8 Å². The third-order valence-electron chi connectivity index (χ3n) is 3.78. The Bertz CT molecular complexity index is 884. The largest absolute Gasteiger partial charge is 0.573 e. The molecule has 1 atom stereocenters. The van der Waals surface area contributed by atoms with Crippen LogP contribution in [-0.2, 0) is 15.2 Å². The van der Waals surface area contributed by atoms with Crippen molar-refractivity contribution in [1.82, 2.24) is 5.32 Å². The predicted octanol–water partition coefficient (Wildman–Crippen LogP) is 3.09. The number of aliphatic hydroxyl groups is 1. The number of halogens is 6. The number of carbonyl (C=O) groups excluding carboxylic acids is 2. The van der Waals surface area contributed by atoms with Crippen LogP contribution in [0.3, 0.4) is 0 Å². The Morgan fingerprint density at radius 1 is 0.867 bits per heavy atom. The second-order valence-corrected chi connectivity index (χ2v) is 5.93. The Morgan fingerprint density at radius 2 is 1.43 bits per heavy atom. The summed E-state index contributed by atoms with van der Waals surface area (Å²) in [5, 5.41) is 13.8. The van der Waals surface area contributed by atoms with Gasteiger partial charge in [0.25, 0.3) is 0 Å². The molecule has 0 saturated heterocycles. The Kier molecular flexibility index (Phi) is 6.60. The van der Waals surface area contributed by atoms with E-state index in [0.717, 1.165) is 36.4 Å². The van der Waals surface area contributed by atoms with Crippen LogP contribution in [0.2, 0.25) is 0 Å². The number of alkyl halides is 6. The SMILES string of the molecule is O=C(NCC(O)(c1ccccc1)C(F)(F)F)C(=O)Nc1ccc(OC(F)(F)F)cc1. The van der Waals surface area contributed by atoms with E-state index in [4.69, 9.17) is 0 Å². The fourth-order valence-corrected chi connectivity index (χ4v) is 2.30. The highest BCUT2D eigenvalue weighted by molar-refractivity contribution is 6.39. The predicted molar refractivity (Wildman–Crippen MR) is 91.2 cm³/mol. The number of carbonyl (C=O) groups is 2. The Hall–Kier alpha value is -3.28. The van der Waals surface area contributed by atoms with Crippen LogP contribution in [0.25, 0.3) is 0 Å². The molecule has 0 aromatic heterocycles. The third kappa shape index (κ3) is 5.86. The van der Waals surface area contributed by atoms with Crippen molar-refractivity contribution in [3.8, 4) is 5.75 Å². The standard InChI is InChI=1S/C18H14F6N2O4/c19-17(20,21)16(29,11-4-2-1-3-5-11)10-25-14(27)15(28)26-12-6-8-13(9-7-12)30-18(22,23)24/h1-9,29H,10H2,(H,25,27)(H,26,28). The van der Waals surface area contributed by atoms with Crippen molar-refractivity contribution >= 4 is 17.5 Å². The third-order valence-corrected chi connectivity index (χ3v) is 3.78. The average Bonchev–Trinajstić information content (AvgIpc) is 2.66. The molecule has 30 heavy (non-hydrogen) atoms. The van der Waals surface area contributed by atoms with Gasteiger partial charge in [0.05, 0.1) is 6.54 Å². The zero-order valence-electron chi connectivity index (χ0n) is 14.8. The van der Waals surface area contributed by atoms with E-state index in [1.807, 2.05) is 5.32 Å². The lowest BCUT2D eigenvalue weighted by Gasteiger charge is -2.31. The van der Waals surface area contributed by atoms with Gasteiger partial charge < -0.3 is 20.5 Å². The topological polar surface area (TPSA) is 87.7 Å². The van der Waals surface area contributed by atoms with E-state index in [1.165, 1.54) is 18.2 Å². The van der Waals surface area contributed by atoms with Crippen LogP contribution in [0.1, 0.15) is 5.56 Å². The van der Waals surface area contributed by atoms with Crippen LogP contribution in [0.4, 0.5) is 32.0 Å². The van der Waals surface area contributed by atoms with Gasteiger partial charge in [0.15, 0.2) is 0 Å². The zero-order valence-corrected chi connectivity index (χ0v) is 14.8. The number of amides is 2. The van der Waals surface area contributed by atoms with Gasteiger partial charge in [0.2, 0.25) is 5.60 Å². The summed E-state index contributed by atoms with van der Waals surface area (Å²) in [4.78, 5) is 23.7. The lowest BCUT2D eigenvalue weighted by Crippen LogP contribution is -2.52. The lowest BCUT2D eigenvalue weighted by molar-refractivity contribution is -0.274. The summed E-state index contributed by atoms with van der Waals surface area (Å²) >= 11 is 0. The van der Waals surface area contributed by atoms with E-state index in [-0.39, 0.29) is 5.69 Å². The normalized spacial score (nSPS) is 13.8. The van der Waals surface area contributed by atoms with Crippen LogP contribution in [-0.4, -0.2) is 36.0 Å². The molecular weight excluding hydrogens is 422 g/mol. The average molecular weight is 436 g/mol. The monoisotopic (exact) mass is 436 g/mol. The van der Waals surface area contributed by atoms with Gasteiger partial charge in [-0.15, -0.1) is 13.2 Å². The van der Waals surface area contributed by atoms with E-state index >= 15 is 0 Å². The summed E-state index contributed by atoms with van der Waals surface area (Å²) in [5.74, 6) is -3.47. The summed E-state index contributed by atoms with van der Waals surface area (Å²) < 4.78 is 80.0. The summed E-state index contributed by atoms with van der Waals surface area (Å²) in [5.41, 5.74) is -4.10. The molecule has 2 aromatic rings. The van der Waals surface area contributed by atoms with Crippen LogP contribution in [0.15, 0.2) is 54.6 Å². The molecule has 1 unspecified atom stereocenters. The van der Waals surface area contributed by atoms with Gasteiger partial charge in [0.1, 0.15) is 5.75 Å². The number of rotatable bonds is 5. The lowest BCUT2D eigenvalue weighted by atomic mass is 9.93. The van der Waals surface area contributed by atoms with Gasteiger partial charge in [-0.25, -0.2) is 0 Å². The van der Waals surface area contributed by atoms with Crippen molar-refractivity contribution in [2.45, 2.75) is 18.1 Å². The molecule has 0 aliphatic rings. The first-order valence-electron chi connectivity index (χ1n) is 8.11. The fourth-order valence-electron chi connectivity index (χ4n) is 2.30. The van der Waals surface area contributed by atoms with Crippen molar-refractivity contribution < 1.29 is 45.8 Å². The number of hydrogen-bond donors (Lipinski definition) is 3. The molecule has 162 valence electrons. The van der Waals surface area contributed by atoms with Gasteiger partial charge in [-0.3, -0.25) is 9.59 Å². The van der Waals surface area contributed by atoms with Gasteiger partial charge in [0, 0.05) is 5.69 Å². The maximum atomic E-state index is 13.3. The van der Waals surface area contributed by atoms with E-state index in [0.29, 0.717) is 0 Å². The molecule has 3 N–H and O–H groups in total. The minimum Gasteiger partial charge on any atom is -0.406 e. The number of ether oxygens (including phenoxy) is 1. The number of nitrogens with one attached hydrogen (secondary N) is 2. The van der Waals surface area contributed by atoms with Crippen molar-refractivity contribution in [1.29, 1.82) is 0 Å². The summed E-state index contributed by atoms with van der Waals surface area (Å²) in [6, 6.07) is 9.65. The minimum absolute atomic E-state index is 0.112. The smallest absolute Gasteiger partial charge is 0.406 e. The van der Waals surface area contributed by atoms with Crippen LogP contribution < -0.4 is 15.4 Å². The van der Waals surface area contributed by atoms with Crippen molar-refractivity contribution in [3.63, 3.8) is 0 Å². The molecule has 0 heterocycles. The second-order valence-electron chi connectivity index (χ2n) is 5.93. The molecular formula is C18H14F6N2O4. The first-order chi connectivity index (χ1) is 13.8. The Labute approximate surface area is 165 Å². The van der Waals surface area contributed by atoms with E-state index < -0.39 is 47.8 Å². The molecule has 0 radical (unpaired) electrons. The van der Waals surface area contributed by atoms with Gasteiger partial charge >= 0.3 is 24.4 Å². The zero-order chi connectivity index (χ0) is 22.6. The Morgan fingerprint density at radius 3 is 1.93 bits per heavy atom. The molecule has 0 aliphatic carbocycles. The summed E-state index contributed by atoms with van der Waals surface area (Å²) in [6.45, 7) is -1.34. The first-order valence-corrected chi connectivity index (χ1v) is 8.11. The maximum absolute atomic E-state index is 13.3. The molecule has 0 bridgehead atoms. The highest BCUT2D eigenvalue weighted by atomic mass is 19.4. The molecule has 2 rings (SSSR count). The highest BCUT2D eigenvalue weighted by Crippen LogP contribution is 2.38. The molecule has 0 fully saturated rings. The highest BCUT2D eigenvalue weighted by Gasteiger charge is 2.55. The van der Waals surface area contributed by atoms with E-state index in [2.05, 4.69) is 4.74 Å². The van der Waals surface area contributed by atoms with Crippen LogP contribution >= 0.6 is 0 Å². The molecule has 6 nitrogen and oxygen atoms in total. The fraction of sp³-hybridized carbons (Fsp3) is 0.222. The summed E-state index contributed by atoms with van der Waals surface area (Å²) in [7, 11) is 0. The molecule has 12 heteroatoms. The molecule has 0 aliphatic heterocycles. The first kappa shape index (κ1) is 23.0. The number of hydrogen-bond acceptors (Lipinski definition) is 4. The molecule has 0 spiro atoms. The minimum atomic E-state index is -5.16. The van der Waals surface area contributed by atoms with Crippen molar-refractivity contribution in [3.05, 3.63) is 60.2 Å². The second kappa shape index (κ2) is 8.61. The van der Waals surface area contributed by atoms with Crippen molar-refractivity contribution in [2.75, 3.05) is 11.9 Å². The molecule has 2 amide bonds. The van der Waals surface area contributed by atoms with Crippen molar-refractivity contribution in [2.24, 2.45) is 0 Å². The van der Waals surface area contributed by atoms with Gasteiger partial charge in [-0.2, -0.15) is 13.2 Å². The number of anilines is 1. The quantitative estimate of drug-likeness (QED) is 0.497. The Balaban J connectivity index is 2.02. The van der Waals surface area contributed by atoms with E-state index in [9.17, 15) is 41.0 Å². The van der Waals surface area contributed by atoms with Crippen LogP contribution in [0, 0.1) is 0 Å². The molecule has 0 saturated carbocycles. The van der Waals surface area contributed by atoms with Gasteiger partial charge in [-0.1, -0.05) is 30.3 Å². The van der Waals surface area contributed by atoms with E-state index in [1.54, 1.807) is 5.32 Å².